The maximum atomic E-state index is 11.7. The number of nitrogens with zero attached hydrogens (tertiary/aromatic N) is 1. The lowest BCUT2D eigenvalue weighted by atomic mass is 10.1. The maximum Gasteiger partial charge on any atom is 0.337 e. The Morgan fingerprint density at radius 1 is 1.32 bits per heavy atom. The Bertz CT molecular complexity index is 690. The zero-order valence-corrected chi connectivity index (χ0v) is 13.1. The van der Waals surface area contributed by atoms with Gasteiger partial charge in [0.05, 0.1) is 23.4 Å². The smallest absolute Gasteiger partial charge is 0.337 e. The van der Waals surface area contributed by atoms with E-state index in [-0.39, 0.29) is 11.9 Å². The summed E-state index contributed by atoms with van der Waals surface area (Å²) in [4.78, 5) is 27.3. The van der Waals surface area contributed by atoms with Crippen LogP contribution in [0.4, 0.5) is 0 Å². The van der Waals surface area contributed by atoms with Gasteiger partial charge in [-0.1, -0.05) is 12.1 Å². The normalized spacial score (nSPS) is 10.6. The van der Waals surface area contributed by atoms with Crippen molar-refractivity contribution in [2.24, 2.45) is 0 Å². The Labute approximate surface area is 132 Å². The second-order valence-corrected chi connectivity index (χ2v) is 5.59. The molecule has 2 aromatic rings. The number of ether oxygens (including phenoxy) is 1. The molecule has 1 heterocycles. The van der Waals surface area contributed by atoms with Gasteiger partial charge in [-0.2, -0.15) is 0 Å². The summed E-state index contributed by atoms with van der Waals surface area (Å²) in [6, 6.07) is 6.89. The van der Waals surface area contributed by atoms with Crippen LogP contribution >= 0.6 is 11.3 Å². The van der Waals surface area contributed by atoms with Crippen molar-refractivity contribution >= 4 is 29.3 Å². The van der Waals surface area contributed by atoms with Gasteiger partial charge in [0.2, 0.25) is 5.91 Å². The predicted molar refractivity (Wildman–Crippen MR) is 85.5 cm³/mol. The van der Waals surface area contributed by atoms with Gasteiger partial charge in [-0.3, -0.25) is 4.79 Å². The van der Waals surface area contributed by atoms with Crippen LogP contribution in [0.25, 0.3) is 6.08 Å². The number of hydrogen-bond donors (Lipinski definition) is 1. The van der Waals surface area contributed by atoms with Gasteiger partial charge < -0.3 is 10.1 Å². The second kappa shape index (κ2) is 7.51. The summed E-state index contributed by atoms with van der Waals surface area (Å²) in [6.45, 7) is 2.31. The highest BCUT2D eigenvalue weighted by Crippen LogP contribution is 2.09. The summed E-state index contributed by atoms with van der Waals surface area (Å²) < 4.78 is 4.63. The first kappa shape index (κ1) is 15.9. The molecule has 0 aliphatic carbocycles. The summed E-state index contributed by atoms with van der Waals surface area (Å²) in [5.41, 5.74) is 2.16. The minimum absolute atomic E-state index is 0.192. The molecular formula is C16H16N2O3S. The average molecular weight is 316 g/mol. The van der Waals surface area contributed by atoms with E-state index < -0.39 is 0 Å². The quantitative estimate of drug-likeness (QED) is 0.680. The van der Waals surface area contributed by atoms with Crippen LogP contribution in [0.2, 0.25) is 0 Å². The lowest BCUT2D eigenvalue weighted by Crippen LogP contribution is -2.20. The lowest BCUT2D eigenvalue weighted by Gasteiger charge is -2.04. The summed E-state index contributed by atoms with van der Waals surface area (Å²) in [5, 5.41) is 5.63. The molecule has 0 atom stereocenters. The van der Waals surface area contributed by atoms with Crippen molar-refractivity contribution in [1.29, 1.82) is 0 Å². The molecule has 0 saturated heterocycles. The zero-order chi connectivity index (χ0) is 15.9. The van der Waals surface area contributed by atoms with Crippen molar-refractivity contribution in [3.05, 3.63) is 57.6 Å². The fraction of sp³-hybridized carbons (Fsp3) is 0.188. The minimum Gasteiger partial charge on any atom is -0.465 e. The third-order valence-corrected chi connectivity index (χ3v) is 3.68. The van der Waals surface area contributed by atoms with E-state index in [2.05, 4.69) is 15.0 Å². The monoisotopic (exact) mass is 316 g/mol. The van der Waals surface area contributed by atoms with Crippen LogP contribution in [-0.2, 0) is 16.1 Å². The molecule has 1 aromatic carbocycles. The van der Waals surface area contributed by atoms with Gasteiger partial charge in [-0.05, 0) is 30.7 Å². The molecule has 0 aliphatic rings. The summed E-state index contributed by atoms with van der Waals surface area (Å²) >= 11 is 1.54. The number of hydrogen-bond acceptors (Lipinski definition) is 5. The number of methoxy groups -OCH3 is 1. The second-order valence-electron chi connectivity index (χ2n) is 4.53. The molecule has 0 fully saturated rings. The van der Waals surface area contributed by atoms with Crippen molar-refractivity contribution in [3.63, 3.8) is 0 Å². The molecule has 1 N–H and O–H groups in total. The van der Waals surface area contributed by atoms with Crippen LogP contribution in [0, 0.1) is 6.92 Å². The number of amides is 1. The number of nitrogens with one attached hydrogen (secondary N) is 1. The van der Waals surface area contributed by atoms with Crippen molar-refractivity contribution in [2.75, 3.05) is 7.11 Å². The number of rotatable bonds is 5. The van der Waals surface area contributed by atoms with E-state index in [4.69, 9.17) is 0 Å². The minimum atomic E-state index is -0.378. The molecule has 5 nitrogen and oxygen atoms in total. The van der Waals surface area contributed by atoms with E-state index in [1.165, 1.54) is 24.5 Å². The summed E-state index contributed by atoms with van der Waals surface area (Å²) in [6.07, 6.45) is 3.14. The average Bonchev–Trinajstić information content (AvgIpc) is 2.96. The largest absolute Gasteiger partial charge is 0.465 e. The van der Waals surface area contributed by atoms with Crippen LogP contribution < -0.4 is 5.32 Å². The molecule has 114 valence electrons. The first-order chi connectivity index (χ1) is 10.6. The summed E-state index contributed by atoms with van der Waals surface area (Å²) in [7, 11) is 1.34. The molecule has 1 aromatic heterocycles. The van der Waals surface area contributed by atoms with E-state index in [0.29, 0.717) is 12.1 Å². The molecule has 0 spiro atoms. The van der Waals surface area contributed by atoms with Crippen molar-refractivity contribution in [2.45, 2.75) is 13.5 Å². The highest BCUT2D eigenvalue weighted by atomic mass is 32.1. The van der Waals surface area contributed by atoms with Gasteiger partial charge in [0.15, 0.2) is 0 Å². The molecular weight excluding hydrogens is 300 g/mol. The van der Waals surface area contributed by atoms with E-state index in [1.807, 2.05) is 12.3 Å². The van der Waals surface area contributed by atoms with Crippen molar-refractivity contribution in [1.82, 2.24) is 10.3 Å². The first-order valence-electron chi connectivity index (χ1n) is 6.64. The number of aromatic nitrogens is 1. The Morgan fingerprint density at radius 2 is 2.05 bits per heavy atom. The van der Waals surface area contributed by atoms with Crippen molar-refractivity contribution in [3.8, 4) is 0 Å². The Hall–Kier alpha value is -2.47. The number of carbonyl (C=O) groups is 2. The number of esters is 1. The van der Waals surface area contributed by atoms with E-state index in [0.717, 1.165) is 16.3 Å². The molecule has 0 unspecified atom stereocenters. The fourth-order valence-electron chi connectivity index (χ4n) is 1.74. The molecule has 2 rings (SSSR count). The predicted octanol–water partition coefficient (Wildman–Crippen LogP) is 2.57. The highest BCUT2D eigenvalue weighted by Gasteiger charge is 2.04. The molecule has 6 heteroatoms. The first-order valence-corrected chi connectivity index (χ1v) is 7.52. The summed E-state index contributed by atoms with van der Waals surface area (Å²) in [5.74, 6) is -0.570. The standard InChI is InChI=1S/C16H16N2O3S/c1-11-18-14(10-22-11)7-8-15(19)17-9-12-3-5-13(6-4-12)16(20)21-2/h3-8,10H,9H2,1-2H3,(H,17,19). The lowest BCUT2D eigenvalue weighted by molar-refractivity contribution is -0.116. The number of benzene rings is 1. The Morgan fingerprint density at radius 3 is 2.64 bits per heavy atom. The third-order valence-electron chi connectivity index (χ3n) is 2.88. The van der Waals surface area contributed by atoms with Crippen LogP contribution in [-0.4, -0.2) is 24.0 Å². The van der Waals surface area contributed by atoms with Gasteiger partial charge in [0.1, 0.15) is 0 Å². The Balaban J connectivity index is 1.85. The SMILES string of the molecule is COC(=O)c1ccc(CNC(=O)C=Cc2csc(C)n2)cc1. The van der Waals surface area contributed by atoms with Crippen LogP contribution in [0.3, 0.4) is 0 Å². The van der Waals surface area contributed by atoms with E-state index in [9.17, 15) is 9.59 Å². The Kier molecular flexibility index (Phi) is 5.43. The molecule has 22 heavy (non-hydrogen) atoms. The van der Waals surface area contributed by atoms with E-state index in [1.54, 1.807) is 30.3 Å². The molecule has 0 radical (unpaired) electrons. The van der Waals surface area contributed by atoms with Crippen LogP contribution in [0.1, 0.15) is 26.6 Å². The zero-order valence-electron chi connectivity index (χ0n) is 12.3. The molecule has 0 aliphatic heterocycles. The van der Waals surface area contributed by atoms with E-state index >= 15 is 0 Å². The third kappa shape index (κ3) is 4.53. The van der Waals surface area contributed by atoms with Gasteiger partial charge >= 0.3 is 5.97 Å². The number of thiazole rings is 1. The van der Waals surface area contributed by atoms with Gasteiger partial charge in [-0.25, -0.2) is 9.78 Å². The topological polar surface area (TPSA) is 68.3 Å². The van der Waals surface area contributed by atoms with Crippen molar-refractivity contribution < 1.29 is 14.3 Å². The highest BCUT2D eigenvalue weighted by molar-refractivity contribution is 7.09. The van der Waals surface area contributed by atoms with Crippen LogP contribution in [0.5, 0.6) is 0 Å². The van der Waals surface area contributed by atoms with Gasteiger partial charge in [0.25, 0.3) is 0 Å². The molecule has 1 amide bonds. The molecule has 0 saturated carbocycles. The van der Waals surface area contributed by atoms with Gasteiger partial charge in [0, 0.05) is 18.0 Å². The molecule has 0 bridgehead atoms. The maximum absolute atomic E-state index is 11.7. The number of carbonyl (C=O) groups excluding carboxylic acids is 2. The van der Waals surface area contributed by atoms with Crippen LogP contribution in [0.15, 0.2) is 35.7 Å². The fourth-order valence-corrected chi connectivity index (χ4v) is 2.32. The number of aryl methyl sites for hydroxylation is 1. The van der Waals surface area contributed by atoms with Gasteiger partial charge in [-0.15, -0.1) is 11.3 Å².